The molecule has 0 amide bonds. The molecule has 0 saturated carbocycles. The van der Waals surface area contributed by atoms with Gasteiger partial charge in [-0.05, 0) is 51.9 Å². The number of hydrogen-bond donors (Lipinski definition) is 1. The SMILES string of the molecule is CCOc1ccc(N2CCC(CNC)C2)cc1OCC. The lowest BCUT2D eigenvalue weighted by molar-refractivity contribution is 0.288. The van der Waals surface area contributed by atoms with Crippen molar-refractivity contribution in [3.05, 3.63) is 18.2 Å². The van der Waals surface area contributed by atoms with Gasteiger partial charge in [0.05, 0.1) is 13.2 Å². The molecule has 0 radical (unpaired) electrons. The summed E-state index contributed by atoms with van der Waals surface area (Å²) in [7, 11) is 2.02. The Morgan fingerprint density at radius 2 is 1.95 bits per heavy atom. The van der Waals surface area contributed by atoms with Gasteiger partial charge < -0.3 is 19.7 Å². The maximum absolute atomic E-state index is 5.70. The molecule has 1 aromatic carbocycles. The van der Waals surface area contributed by atoms with Gasteiger partial charge in [0.25, 0.3) is 0 Å². The van der Waals surface area contributed by atoms with Crippen molar-refractivity contribution in [3.8, 4) is 11.5 Å². The van der Waals surface area contributed by atoms with Crippen LogP contribution in [0.25, 0.3) is 0 Å². The number of anilines is 1. The van der Waals surface area contributed by atoms with Crippen LogP contribution in [0.5, 0.6) is 11.5 Å². The Labute approximate surface area is 122 Å². The first-order chi connectivity index (χ1) is 9.78. The predicted octanol–water partition coefficient (Wildman–Crippen LogP) is 2.53. The van der Waals surface area contributed by atoms with E-state index >= 15 is 0 Å². The summed E-state index contributed by atoms with van der Waals surface area (Å²) in [5.41, 5.74) is 1.23. The van der Waals surface area contributed by atoms with Crippen molar-refractivity contribution < 1.29 is 9.47 Å². The molecule has 4 heteroatoms. The van der Waals surface area contributed by atoms with Crippen LogP contribution in [0.4, 0.5) is 5.69 Å². The lowest BCUT2D eigenvalue weighted by Gasteiger charge is -2.21. The van der Waals surface area contributed by atoms with Gasteiger partial charge in [0.15, 0.2) is 11.5 Å². The zero-order chi connectivity index (χ0) is 14.4. The Kier molecular flexibility index (Phi) is 5.53. The van der Waals surface area contributed by atoms with E-state index in [0.29, 0.717) is 13.2 Å². The lowest BCUT2D eigenvalue weighted by atomic mass is 10.1. The molecule has 1 aromatic rings. The highest BCUT2D eigenvalue weighted by atomic mass is 16.5. The van der Waals surface area contributed by atoms with Crippen LogP contribution < -0.4 is 19.7 Å². The van der Waals surface area contributed by atoms with E-state index in [0.717, 1.165) is 37.1 Å². The van der Waals surface area contributed by atoms with Gasteiger partial charge in [-0.25, -0.2) is 0 Å². The van der Waals surface area contributed by atoms with Crippen molar-refractivity contribution in [2.45, 2.75) is 20.3 Å². The fourth-order valence-electron chi connectivity index (χ4n) is 2.76. The van der Waals surface area contributed by atoms with Crippen molar-refractivity contribution in [2.75, 3.05) is 44.8 Å². The van der Waals surface area contributed by atoms with Gasteiger partial charge in [-0.1, -0.05) is 0 Å². The van der Waals surface area contributed by atoms with Crippen LogP contribution in [0.1, 0.15) is 20.3 Å². The smallest absolute Gasteiger partial charge is 0.163 e. The third-order valence-electron chi connectivity index (χ3n) is 3.67. The monoisotopic (exact) mass is 278 g/mol. The standard InChI is InChI=1S/C16H26N2O2/c1-4-19-15-7-6-14(10-16(15)20-5-2)18-9-8-13(12-18)11-17-3/h6-7,10,13,17H,4-5,8-9,11-12H2,1-3H3. The van der Waals surface area contributed by atoms with Gasteiger partial charge in [0.1, 0.15) is 0 Å². The van der Waals surface area contributed by atoms with Crippen LogP contribution in [-0.2, 0) is 0 Å². The van der Waals surface area contributed by atoms with Gasteiger partial charge in [-0.3, -0.25) is 0 Å². The Balaban J connectivity index is 2.10. The first-order valence-electron chi connectivity index (χ1n) is 7.57. The summed E-state index contributed by atoms with van der Waals surface area (Å²) in [6.07, 6.45) is 1.25. The van der Waals surface area contributed by atoms with Gasteiger partial charge in [0, 0.05) is 24.8 Å². The summed E-state index contributed by atoms with van der Waals surface area (Å²) >= 11 is 0. The van der Waals surface area contributed by atoms with E-state index in [1.807, 2.05) is 27.0 Å². The lowest BCUT2D eigenvalue weighted by Crippen LogP contribution is -2.24. The Bertz CT molecular complexity index is 423. The van der Waals surface area contributed by atoms with Crippen molar-refractivity contribution >= 4 is 5.69 Å². The van der Waals surface area contributed by atoms with Crippen LogP contribution in [0.15, 0.2) is 18.2 Å². The Hall–Kier alpha value is -1.42. The first-order valence-corrected chi connectivity index (χ1v) is 7.57. The molecular formula is C16H26N2O2. The second kappa shape index (κ2) is 7.39. The second-order valence-corrected chi connectivity index (χ2v) is 5.16. The summed E-state index contributed by atoms with van der Waals surface area (Å²) in [5, 5.41) is 3.27. The predicted molar refractivity (Wildman–Crippen MR) is 83.0 cm³/mol. The minimum atomic E-state index is 0.659. The third-order valence-corrected chi connectivity index (χ3v) is 3.67. The van der Waals surface area contributed by atoms with Crippen molar-refractivity contribution in [1.29, 1.82) is 0 Å². The molecule has 0 aromatic heterocycles. The maximum atomic E-state index is 5.70. The number of nitrogens with one attached hydrogen (secondary N) is 1. The third kappa shape index (κ3) is 3.57. The highest BCUT2D eigenvalue weighted by Crippen LogP contribution is 2.34. The minimum Gasteiger partial charge on any atom is -0.490 e. The maximum Gasteiger partial charge on any atom is 0.163 e. The minimum absolute atomic E-state index is 0.659. The zero-order valence-electron chi connectivity index (χ0n) is 12.8. The number of nitrogens with zero attached hydrogens (tertiary/aromatic N) is 1. The first kappa shape index (κ1) is 15.0. The van der Waals surface area contributed by atoms with Crippen molar-refractivity contribution in [2.24, 2.45) is 5.92 Å². The second-order valence-electron chi connectivity index (χ2n) is 5.16. The van der Waals surface area contributed by atoms with E-state index in [-0.39, 0.29) is 0 Å². The van der Waals surface area contributed by atoms with E-state index in [1.165, 1.54) is 12.1 Å². The average Bonchev–Trinajstić information content (AvgIpc) is 2.90. The van der Waals surface area contributed by atoms with Crippen molar-refractivity contribution in [3.63, 3.8) is 0 Å². The highest BCUT2D eigenvalue weighted by Gasteiger charge is 2.22. The summed E-state index contributed by atoms with van der Waals surface area (Å²) in [6.45, 7) is 8.63. The average molecular weight is 278 g/mol. The molecule has 0 spiro atoms. The van der Waals surface area contributed by atoms with Gasteiger partial charge in [-0.2, -0.15) is 0 Å². The van der Waals surface area contributed by atoms with E-state index in [9.17, 15) is 0 Å². The molecule has 0 bridgehead atoms. The molecule has 1 saturated heterocycles. The summed E-state index contributed by atoms with van der Waals surface area (Å²) in [4.78, 5) is 2.43. The van der Waals surface area contributed by atoms with Gasteiger partial charge in [0.2, 0.25) is 0 Å². The highest BCUT2D eigenvalue weighted by molar-refractivity contribution is 5.57. The normalized spacial score (nSPS) is 18.4. The molecular weight excluding hydrogens is 252 g/mol. The van der Waals surface area contributed by atoms with E-state index in [4.69, 9.17) is 9.47 Å². The van der Waals surface area contributed by atoms with Crippen LogP contribution in [0.3, 0.4) is 0 Å². The quantitative estimate of drug-likeness (QED) is 0.831. The molecule has 1 fully saturated rings. The zero-order valence-corrected chi connectivity index (χ0v) is 12.8. The van der Waals surface area contributed by atoms with E-state index < -0.39 is 0 Å². The largest absolute Gasteiger partial charge is 0.490 e. The molecule has 1 N–H and O–H groups in total. The number of hydrogen-bond acceptors (Lipinski definition) is 4. The van der Waals surface area contributed by atoms with Gasteiger partial charge in [-0.15, -0.1) is 0 Å². The summed E-state index contributed by atoms with van der Waals surface area (Å²) in [6, 6.07) is 6.26. The van der Waals surface area contributed by atoms with Crippen molar-refractivity contribution in [1.82, 2.24) is 5.32 Å². The fourth-order valence-corrected chi connectivity index (χ4v) is 2.76. The molecule has 1 heterocycles. The molecule has 20 heavy (non-hydrogen) atoms. The van der Waals surface area contributed by atoms with E-state index in [1.54, 1.807) is 0 Å². The van der Waals surface area contributed by atoms with Crippen LogP contribution in [0.2, 0.25) is 0 Å². The fraction of sp³-hybridized carbons (Fsp3) is 0.625. The van der Waals surface area contributed by atoms with E-state index in [2.05, 4.69) is 22.3 Å². The van der Waals surface area contributed by atoms with Crippen LogP contribution >= 0.6 is 0 Å². The summed E-state index contributed by atoms with van der Waals surface area (Å²) < 4.78 is 11.3. The van der Waals surface area contributed by atoms with Gasteiger partial charge >= 0.3 is 0 Å². The molecule has 1 atom stereocenters. The number of benzene rings is 1. The molecule has 1 unspecified atom stereocenters. The molecule has 1 aliphatic heterocycles. The molecule has 0 aliphatic carbocycles. The Morgan fingerprint density at radius 1 is 1.20 bits per heavy atom. The molecule has 1 aliphatic rings. The molecule has 112 valence electrons. The molecule has 4 nitrogen and oxygen atoms in total. The molecule has 2 rings (SSSR count). The number of rotatable bonds is 7. The topological polar surface area (TPSA) is 33.7 Å². The van der Waals surface area contributed by atoms with Crippen LogP contribution in [-0.4, -0.2) is 39.9 Å². The van der Waals surface area contributed by atoms with Crippen LogP contribution in [0, 0.1) is 5.92 Å². The number of ether oxygens (including phenoxy) is 2. The Morgan fingerprint density at radius 3 is 2.65 bits per heavy atom. The summed E-state index contributed by atoms with van der Waals surface area (Å²) in [5.74, 6) is 2.43.